The molecule has 0 unspecified atom stereocenters. The zero-order valence-electron chi connectivity index (χ0n) is 15.8. The molecule has 0 aliphatic rings. The summed E-state index contributed by atoms with van der Waals surface area (Å²) in [5.41, 5.74) is 0.986. The van der Waals surface area contributed by atoms with Crippen molar-refractivity contribution in [3.8, 4) is 5.75 Å². The number of halogens is 2. The molecule has 3 aromatic rings. The first-order valence-corrected chi connectivity index (χ1v) is 10.5. The van der Waals surface area contributed by atoms with Crippen molar-refractivity contribution in [2.75, 3.05) is 13.6 Å². The summed E-state index contributed by atoms with van der Waals surface area (Å²) in [6, 6.07) is 10.8. The van der Waals surface area contributed by atoms with Crippen molar-refractivity contribution < 1.29 is 22.1 Å². The number of ether oxygens (including phenoxy) is 1. The average Bonchev–Trinajstić information content (AvgIpc) is 3.15. The predicted octanol–water partition coefficient (Wildman–Crippen LogP) is 3.61. The summed E-state index contributed by atoms with van der Waals surface area (Å²) in [4.78, 5) is 4.12. The fourth-order valence-electron chi connectivity index (χ4n) is 2.50. The lowest BCUT2D eigenvalue weighted by Crippen LogP contribution is -2.29. The minimum Gasteiger partial charge on any atom is -0.483 e. The Hall–Kier alpha value is -2.49. The second kappa shape index (κ2) is 8.89. The van der Waals surface area contributed by atoms with E-state index in [4.69, 9.17) is 20.9 Å². The van der Waals surface area contributed by atoms with Crippen LogP contribution < -0.4 is 4.74 Å². The molecule has 0 radical (unpaired) electrons. The van der Waals surface area contributed by atoms with Crippen LogP contribution in [0.15, 0.2) is 51.9 Å². The Morgan fingerprint density at radius 2 is 2.00 bits per heavy atom. The van der Waals surface area contributed by atoms with Crippen LogP contribution in [0.3, 0.4) is 0 Å². The van der Waals surface area contributed by atoms with Crippen molar-refractivity contribution in [2.24, 2.45) is 0 Å². The molecule has 3 rings (SSSR count). The summed E-state index contributed by atoms with van der Waals surface area (Å²) in [6.45, 7) is 2.15. The van der Waals surface area contributed by atoms with Crippen molar-refractivity contribution in [1.82, 2.24) is 14.4 Å². The Kier molecular flexibility index (Phi) is 6.51. The van der Waals surface area contributed by atoms with Crippen molar-refractivity contribution in [1.29, 1.82) is 0 Å². The van der Waals surface area contributed by atoms with E-state index in [2.05, 4.69) is 10.1 Å². The Bertz CT molecular complexity index is 1100. The van der Waals surface area contributed by atoms with Gasteiger partial charge in [-0.05, 0) is 36.8 Å². The quantitative estimate of drug-likeness (QED) is 0.533. The van der Waals surface area contributed by atoms with E-state index < -0.39 is 15.8 Å². The van der Waals surface area contributed by atoms with Gasteiger partial charge in [-0.2, -0.15) is 4.98 Å². The lowest BCUT2D eigenvalue weighted by atomic mass is 10.2. The van der Waals surface area contributed by atoms with Crippen LogP contribution in [0.4, 0.5) is 4.39 Å². The molecule has 29 heavy (non-hydrogen) atoms. The molecule has 0 saturated carbocycles. The topological polar surface area (TPSA) is 85.5 Å². The van der Waals surface area contributed by atoms with Crippen molar-refractivity contribution in [3.63, 3.8) is 0 Å². The molecular weight excluding hydrogens is 421 g/mol. The lowest BCUT2D eigenvalue weighted by Gasteiger charge is -2.16. The normalized spacial score (nSPS) is 11.8. The zero-order valence-corrected chi connectivity index (χ0v) is 17.4. The molecule has 0 saturated heterocycles. The van der Waals surface area contributed by atoms with Crippen molar-refractivity contribution in [3.05, 3.63) is 70.6 Å². The Morgan fingerprint density at radius 1 is 1.24 bits per heavy atom. The van der Waals surface area contributed by atoms with Gasteiger partial charge >= 0.3 is 0 Å². The second-order valence-electron chi connectivity index (χ2n) is 6.31. The van der Waals surface area contributed by atoms with E-state index in [1.54, 1.807) is 0 Å². The third-order valence-electron chi connectivity index (χ3n) is 4.20. The maximum absolute atomic E-state index is 13.3. The molecule has 0 aliphatic carbocycles. The minimum atomic E-state index is -3.82. The number of aromatic nitrogens is 2. The standard InChI is InChI=1S/C19H19ClFN3O4S/c1-13-5-3-4-6-17(13)27-12-19-22-18(23-28-19)9-10-24(2)29(25,26)14-7-8-16(21)15(20)11-14/h3-8,11H,9-10,12H2,1-2H3. The van der Waals surface area contributed by atoms with Crippen molar-refractivity contribution >= 4 is 21.6 Å². The molecule has 0 bridgehead atoms. The molecule has 0 fully saturated rings. The third-order valence-corrected chi connectivity index (χ3v) is 6.35. The Balaban J connectivity index is 1.58. The number of para-hydroxylation sites is 1. The average molecular weight is 440 g/mol. The first-order chi connectivity index (χ1) is 13.8. The molecule has 10 heteroatoms. The summed E-state index contributed by atoms with van der Waals surface area (Å²) in [6.07, 6.45) is 0.235. The zero-order chi connectivity index (χ0) is 21.0. The molecule has 0 atom stereocenters. The highest BCUT2D eigenvalue weighted by atomic mass is 35.5. The van der Waals surface area contributed by atoms with Crippen LogP contribution in [0.5, 0.6) is 5.75 Å². The number of benzene rings is 2. The molecule has 0 N–H and O–H groups in total. The van der Waals surface area contributed by atoms with Crippen molar-refractivity contribution in [2.45, 2.75) is 24.8 Å². The van der Waals surface area contributed by atoms with Gasteiger partial charge in [-0.3, -0.25) is 0 Å². The summed E-state index contributed by atoms with van der Waals surface area (Å²) in [7, 11) is -2.41. The van der Waals surface area contributed by atoms with E-state index in [1.165, 1.54) is 13.1 Å². The van der Waals surface area contributed by atoms with Gasteiger partial charge in [0.2, 0.25) is 10.0 Å². The summed E-state index contributed by atoms with van der Waals surface area (Å²) in [5, 5.41) is 3.59. The van der Waals surface area contributed by atoms with Crippen LogP contribution in [0.1, 0.15) is 17.3 Å². The van der Waals surface area contributed by atoms with Crippen LogP contribution in [0, 0.1) is 12.7 Å². The predicted molar refractivity (Wildman–Crippen MR) is 105 cm³/mol. The number of aryl methyl sites for hydroxylation is 1. The highest BCUT2D eigenvalue weighted by Crippen LogP contribution is 2.22. The van der Waals surface area contributed by atoms with Gasteiger partial charge in [0.05, 0.1) is 9.92 Å². The van der Waals surface area contributed by atoms with E-state index in [9.17, 15) is 12.8 Å². The van der Waals surface area contributed by atoms with E-state index in [-0.39, 0.29) is 29.5 Å². The molecule has 0 spiro atoms. The van der Waals surface area contributed by atoms with E-state index in [0.717, 1.165) is 27.8 Å². The molecule has 1 aromatic heterocycles. The van der Waals surface area contributed by atoms with Crippen LogP contribution in [0.25, 0.3) is 0 Å². The van der Waals surface area contributed by atoms with Crippen LogP contribution >= 0.6 is 11.6 Å². The minimum absolute atomic E-state index is 0.0909. The monoisotopic (exact) mass is 439 g/mol. The number of rotatable bonds is 8. The maximum atomic E-state index is 13.3. The first kappa shape index (κ1) is 21.2. The van der Waals surface area contributed by atoms with E-state index in [1.807, 2.05) is 31.2 Å². The molecule has 7 nitrogen and oxygen atoms in total. The molecular formula is C19H19ClFN3O4S. The smallest absolute Gasteiger partial charge is 0.264 e. The SMILES string of the molecule is Cc1ccccc1OCc1nc(CCN(C)S(=O)(=O)c2ccc(F)c(Cl)c2)no1. The maximum Gasteiger partial charge on any atom is 0.264 e. The van der Waals surface area contributed by atoms with Gasteiger partial charge in [-0.15, -0.1) is 0 Å². The Labute approximate surface area is 173 Å². The van der Waals surface area contributed by atoms with Gasteiger partial charge in [0.25, 0.3) is 5.89 Å². The van der Waals surface area contributed by atoms with E-state index >= 15 is 0 Å². The van der Waals surface area contributed by atoms with Gasteiger partial charge in [0, 0.05) is 20.0 Å². The molecule has 1 heterocycles. The summed E-state index contributed by atoms with van der Waals surface area (Å²) in [5.74, 6) is 0.684. The van der Waals surface area contributed by atoms with Crippen LogP contribution in [-0.4, -0.2) is 36.5 Å². The van der Waals surface area contributed by atoms with Gasteiger partial charge in [-0.1, -0.05) is 35.0 Å². The number of likely N-dealkylation sites (N-methyl/N-ethyl adjacent to an activating group) is 1. The van der Waals surface area contributed by atoms with Gasteiger partial charge in [0.15, 0.2) is 12.4 Å². The van der Waals surface area contributed by atoms with E-state index in [0.29, 0.717) is 11.7 Å². The number of hydrogen-bond donors (Lipinski definition) is 0. The summed E-state index contributed by atoms with van der Waals surface area (Å²) < 4.78 is 50.3. The highest BCUT2D eigenvalue weighted by Gasteiger charge is 2.22. The fraction of sp³-hybridized carbons (Fsp3) is 0.263. The van der Waals surface area contributed by atoms with Gasteiger partial charge in [0.1, 0.15) is 11.6 Å². The number of nitrogens with zero attached hydrogens (tertiary/aromatic N) is 3. The first-order valence-electron chi connectivity index (χ1n) is 8.68. The number of sulfonamides is 1. The molecule has 0 amide bonds. The van der Waals surface area contributed by atoms with Gasteiger partial charge < -0.3 is 9.26 Å². The fourth-order valence-corrected chi connectivity index (χ4v) is 3.95. The Morgan fingerprint density at radius 3 is 2.72 bits per heavy atom. The third kappa shape index (κ3) is 5.11. The highest BCUT2D eigenvalue weighted by molar-refractivity contribution is 7.89. The molecule has 154 valence electrons. The molecule has 0 aliphatic heterocycles. The summed E-state index contributed by atoms with van der Waals surface area (Å²) >= 11 is 5.68. The largest absolute Gasteiger partial charge is 0.483 e. The van der Waals surface area contributed by atoms with Crippen LogP contribution in [0.2, 0.25) is 5.02 Å². The second-order valence-corrected chi connectivity index (χ2v) is 8.76. The lowest BCUT2D eigenvalue weighted by molar-refractivity contribution is 0.241. The molecule has 2 aromatic carbocycles. The van der Waals surface area contributed by atoms with Crippen LogP contribution in [-0.2, 0) is 23.1 Å². The number of hydrogen-bond acceptors (Lipinski definition) is 6. The van der Waals surface area contributed by atoms with Gasteiger partial charge in [-0.25, -0.2) is 17.1 Å².